The van der Waals surface area contributed by atoms with Crippen molar-refractivity contribution < 1.29 is 9.53 Å². The van der Waals surface area contributed by atoms with Gasteiger partial charge in [0.2, 0.25) is 0 Å². The predicted octanol–water partition coefficient (Wildman–Crippen LogP) is 5.66. The predicted molar refractivity (Wildman–Crippen MR) is 129 cm³/mol. The molecule has 0 atom stereocenters. The maximum Gasteiger partial charge on any atom is 0.191 e. The van der Waals surface area contributed by atoms with E-state index < -0.39 is 0 Å². The van der Waals surface area contributed by atoms with Crippen molar-refractivity contribution in [1.82, 2.24) is 5.32 Å². The highest BCUT2D eigenvalue weighted by molar-refractivity contribution is 7.99. The maximum atomic E-state index is 13.0. The zero-order valence-corrected chi connectivity index (χ0v) is 18.4. The Morgan fingerprint density at radius 2 is 1.71 bits per heavy atom. The molecule has 1 aliphatic rings. The minimum absolute atomic E-state index is 0.102. The lowest BCUT2D eigenvalue weighted by molar-refractivity contribution is 0.103. The molecule has 158 valence electrons. The number of carbonyl (C=O) groups is 1. The molecule has 1 heterocycles. The van der Waals surface area contributed by atoms with E-state index in [2.05, 4.69) is 29.6 Å². The number of rotatable bonds is 9. The SMILES string of the molecule is O=C1/C(=C\c2ccccc2)CSc2ccc(OCCCNCCc3ccccc3)cc21. The molecule has 0 aliphatic carbocycles. The summed E-state index contributed by atoms with van der Waals surface area (Å²) < 4.78 is 5.92. The van der Waals surface area contributed by atoms with Crippen LogP contribution in [-0.4, -0.2) is 31.2 Å². The van der Waals surface area contributed by atoms with Crippen LogP contribution in [-0.2, 0) is 6.42 Å². The second-order valence-electron chi connectivity index (χ2n) is 7.54. The summed E-state index contributed by atoms with van der Waals surface area (Å²) in [6.07, 6.45) is 3.95. The highest BCUT2D eigenvalue weighted by atomic mass is 32.2. The van der Waals surface area contributed by atoms with Crippen LogP contribution in [0.25, 0.3) is 6.08 Å². The van der Waals surface area contributed by atoms with Gasteiger partial charge in [0.05, 0.1) is 6.61 Å². The van der Waals surface area contributed by atoms with Crippen LogP contribution in [0.2, 0.25) is 0 Å². The number of hydrogen-bond acceptors (Lipinski definition) is 4. The molecule has 3 nitrogen and oxygen atoms in total. The highest BCUT2D eigenvalue weighted by Crippen LogP contribution is 2.35. The van der Waals surface area contributed by atoms with Gasteiger partial charge in [-0.2, -0.15) is 0 Å². The monoisotopic (exact) mass is 429 g/mol. The molecular weight excluding hydrogens is 402 g/mol. The van der Waals surface area contributed by atoms with Crippen molar-refractivity contribution in [3.63, 3.8) is 0 Å². The Morgan fingerprint density at radius 1 is 0.935 bits per heavy atom. The summed E-state index contributed by atoms with van der Waals surface area (Å²) >= 11 is 1.71. The average molecular weight is 430 g/mol. The van der Waals surface area contributed by atoms with Crippen LogP contribution in [0.4, 0.5) is 0 Å². The Bertz CT molecular complexity index is 1030. The quantitative estimate of drug-likeness (QED) is 0.352. The smallest absolute Gasteiger partial charge is 0.191 e. The molecule has 1 N–H and O–H groups in total. The fourth-order valence-electron chi connectivity index (χ4n) is 3.54. The van der Waals surface area contributed by atoms with Crippen molar-refractivity contribution in [3.8, 4) is 5.75 Å². The van der Waals surface area contributed by atoms with E-state index >= 15 is 0 Å². The van der Waals surface area contributed by atoms with Gasteiger partial charge in [-0.1, -0.05) is 60.7 Å². The van der Waals surface area contributed by atoms with E-state index in [1.807, 2.05) is 60.7 Å². The van der Waals surface area contributed by atoms with Crippen LogP contribution in [0, 0.1) is 0 Å². The van der Waals surface area contributed by atoms with Crippen LogP contribution in [0.15, 0.2) is 89.3 Å². The minimum atomic E-state index is 0.102. The van der Waals surface area contributed by atoms with Gasteiger partial charge in [-0.25, -0.2) is 0 Å². The number of carbonyl (C=O) groups excluding carboxylic acids is 1. The normalized spacial score (nSPS) is 14.5. The molecule has 0 unspecified atom stereocenters. The topological polar surface area (TPSA) is 38.3 Å². The van der Waals surface area contributed by atoms with Crippen LogP contribution in [0.3, 0.4) is 0 Å². The molecule has 0 radical (unpaired) electrons. The summed E-state index contributed by atoms with van der Waals surface area (Å²) in [6.45, 7) is 2.51. The van der Waals surface area contributed by atoms with E-state index in [1.54, 1.807) is 11.8 Å². The molecular formula is C27H27NO2S. The average Bonchev–Trinajstić information content (AvgIpc) is 2.82. The first kappa shape index (κ1) is 21.4. The van der Waals surface area contributed by atoms with Crippen LogP contribution in [0.5, 0.6) is 5.75 Å². The van der Waals surface area contributed by atoms with Gasteiger partial charge in [-0.3, -0.25) is 4.79 Å². The summed E-state index contributed by atoms with van der Waals surface area (Å²) in [5.74, 6) is 1.57. The lowest BCUT2D eigenvalue weighted by Gasteiger charge is -2.18. The summed E-state index contributed by atoms with van der Waals surface area (Å²) in [4.78, 5) is 14.0. The zero-order valence-electron chi connectivity index (χ0n) is 17.6. The Hall–Kier alpha value is -2.82. The van der Waals surface area contributed by atoms with Crippen molar-refractivity contribution in [2.75, 3.05) is 25.4 Å². The molecule has 1 aliphatic heterocycles. The summed E-state index contributed by atoms with van der Waals surface area (Å²) in [6, 6.07) is 26.4. The standard InChI is InChI=1S/C27H27NO2S/c29-27-23(18-22-10-5-2-6-11-22)20-31-26-13-12-24(19-25(26)27)30-17-7-15-28-16-14-21-8-3-1-4-9-21/h1-6,8-13,18-19,28H,7,14-17,20H2/b23-18-. The molecule has 0 bridgehead atoms. The zero-order chi connectivity index (χ0) is 21.3. The number of nitrogens with one attached hydrogen (secondary N) is 1. The van der Waals surface area contributed by atoms with Gasteiger partial charge < -0.3 is 10.1 Å². The molecule has 0 aromatic heterocycles. The largest absolute Gasteiger partial charge is 0.494 e. The summed E-state index contributed by atoms with van der Waals surface area (Å²) in [7, 11) is 0. The lowest BCUT2D eigenvalue weighted by Crippen LogP contribution is -2.20. The summed E-state index contributed by atoms with van der Waals surface area (Å²) in [5, 5.41) is 3.46. The summed E-state index contributed by atoms with van der Waals surface area (Å²) in [5.41, 5.74) is 3.99. The van der Waals surface area contributed by atoms with E-state index in [-0.39, 0.29) is 5.78 Å². The van der Waals surface area contributed by atoms with Gasteiger partial charge >= 0.3 is 0 Å². The first-order valence-corrected chi connectivity index (χ1v) is 11.7. The maximum absolute atomic E-state index is 13.0. The number of ketones is 1. The lowest BCUT2D eigenvalue weighted by atomic mass is 10.0. The van der Waals surface area contributed by atoms with Crippen LogP contribution >= 0.6 is 11.8 Å². The number of benzene rings is 3. The van der Waals surface area contributed by atoms with Crippen molar-refractivity contribution >= 4 is 23.6 Å². The van der Waals surface area contributed by atoms with E-state index in [4.69, 9.17) is 4.74 Å². The van der Waals surface area contributed by atoms with E-state index in [9.17, 15) is 4.79 Å². The molecule has 0 fully saturated rings. The van der Waals surface area contributed by atoms with E-state index in [0.29, 0.717) is 12.4 Å². The number of Topliss-reactive ketones (excluding diaryl/α,β-unsaturated/α-hetero) is 1. The van der Waals surface area contributed by atoms with Crippen molar-refractivity contribution in [2.45, 2.75) is 17.7 Å². The molecule has 0 amide bonds. The first-order valence-electron chi connectivity index (χ1n) is 10.7. The fourth-order valence-corrected chi connectivity index (χ4v) is 4.54. The van der Waals surface area contributed by atoms with Gasteiger partial charge in [0.1, 0.15) is 5.75 Å². The molecule has 3 aromatic rings. The molecule has 0 saturated carbocycles. The Kier molecular flexibility index (Phi) is 7.59. The fraction of sp³-hybridized carbons (Fsp3) is 0.222. The Balaban J connectivity index is 1.26. The van der Waals surface area contributed by atoms with Gasteiger partial charge in [0.25, 0.3) is 0 Å². The Labute approximate surface area is 188 Å². The van der Waals surface area contributed by atoms with Crippen molar-refractivity contribution in [3.05, 3.63) is 101 Å². The number of thioether (sulfide) groups is 1. The minimum Gasteiger partial charge on any atom is -0.494 e. The molecule has 4 heteroatoms. The number of fused-ring (bicyclic) bond motifs is 1. The van der Waals surface area contributed by atoms with E-state index in [1.165, 1.54) is 5.56 Å². The molecule has 3 aromatic carbocycles. The van der Waals surface area contributed by atoms with Gasteiger partial charge in [0, 0.05) is 21.8 Å². The molecule has 0 spiro atoms. The Morgan fingerprint density at radius 3 is 2.52 bits per heavy atom. The van der Waals surface area contributed by atoms with Crippen molar-refractivity contribution in [1.29, 1.82) is 0 Å². The van der Waals surface area contributed by atoms with Crippen LogP contribution < -0.4 is 10.1 Å². The van der Waals surface area contributed by atoms with Crippen molar-refractivity contribution in [2.24, 2.45) is 0 Å². The third-order valence-electron chi connectivity index (χ3n) is 5.21. The van der Waals surface area contributed by atoms with Gasteiger partial charge in [-0.15, -0.1) is 11.8 Å². The third-order valence-corrected chi connectivity index (χ3v) is 6.33. The highest BCUT2D eigenvalue weighted by Gasteiger charge is 2.23. The number of ether oxygens (including phenoxy) is 1. The third kappa shape index (κ3) is 6.09. The number of hydrogen-bond donors (Lipinski definition) is 1. The second kappa shape index (κ2) is 11.0. The van der Waals surface area contributed by atoms with Gasteiger partial charge in [-0.05, 0) is 61.3 Å². The first-order chi connectivity index (χ1) is 15.3. The van der Waals surface area contributed by atoms with E-state index in [0.717, 1.165) is 53.3 Å². The second-order valence-corrected chi connectivity index (χ2v) is 8.56. The molecule has 0 saturated heterocycles. The van der Waals surface area contributed by atoms with Crippen LogP contribution in [0.1, 0.15) is 27.9 Å². The molecule has 4 rings (SSSR count). The van der Waals surface area contributed by atoms with Gasteiger partial charge in [0.15, 0.2) is 5.78 Å². The molecule has 31 heavy (non-hydrogen) atoms.